The molecule has 1 atom stereocenters. The van der Waals surface area contributed by atoms with Crippen LogP contribution in [-0.2, 0) is 6.42 Å². The van der Waals surface area contributed by atoms with Crippen LogP contribution in [0.5, 0.6) is 0 Å². The molecule has 1 rings (SSSR count). The minimum absolute atomic E-state index is 0.679. The fourth-order valence-corrected chi connectivity index (χ4v) is 2.47. The van der Waals surface area contributed by atoms with Crippen molar-refractivity contribution in [2.75, 3.05) is 6.54 Å². The fraction of sp³-hybridized carbons (Fsp3) is 0.667. The molecule has 0 radical (unpaired) electrons. The van der Waals surface area contributed by atoms with Crippen molar-refractivity contribution in [2.45, 2.75) is 45.6 Å². The van der Waals surface area contributed by atoms with Crippen LogP contribution in [0.25, 0.3) is 0 Å². The normalized spacial score (nSPS) is 13.0. The van der Waals surface area contributed by atoms with E-state index in [0.717, 1.165) is 6.54 Å². The highest BCUT2D eigenvalue weighted by Crippen LogP contribution is 2.13. The van der Waals surface area contributed by atoms with Crippen LogP contribution in [0, 0.1) is 0 Å². The summed E-state index contributed by atoms with van der Waals surface area (Å²) in [7, 11) is 0. The molecule has 0 saturated heterocycles. The summed E-state index contributed by atoms with van der Waals surface area (Å²) in [5.41, 5.74) is 0. The first-order valence-corrected chi connectivity index (χ1v) is 6.50. The molecule has 1 aromatic heterocycles. The van der Waals surface area contributed by atoms with Crippen molar-refractivity contribution in [3.63, 3.8) is 0 Å². The van der Waals surface area contributed by atoms with Gasteiger partial charge in [-0.1, -0.05) is 32.8 Å². The van der Waals surface area contributed by atoms with Gasteiger partial charge in [-0.2, -0.15) is 0 Å². The standard InChI is InChI=1S/C12H21NS/c1-3-5-7-11(13-4-2)10-12-8-6-9-14-12/h6,8-9,11,13H,3-5,7,10H2,1-2H3. The van der Waals surface area contributed by atoms with Gasteiger partial charge in [-0.05, 0) is 30.8 Å². The average molecular weight is 211 g/mol. The van der Waals surface area contributed by atoms with E-state index in [-0.39, 0.29) is 0 Å². The molecular weight excluding hydrogens is 190 g/mol. The second-order valence-corrected chi connectivity index (χ2v) is 4.71. The first-order valence-electron chi connectivity index (χ1n) is 5.62. The number of hydrogen-bond donors (Lipinski definition) is 1. The summed E-state index contributed by atoms with van der Waals surface area (Å²) in [5, 5.41) is 5.73. The van der Waals surface area contributed by atoms with Gasteiger partial charge >= 0.3 is 0 Å². The van der Waals surface area contributed by atoms with Crippen LogP contribution in [-0.4, -0.2) is 12.6 Å². The van der Waals surface area contributed by atoms with E-state index in [0.29, 0.717) is 6.04 Å². The SMILES string of the molecule is CCCCC(Cc1cccs1)NCC. The van der Waals surface area contributed by atoms with Crippen molar-refractivity contribution in [1.29, 1.82) is 0 Å². The van der Waals surface area contributed by atoms with E-state index >= 15 is 0 Å². The van der Waals surface area contributed by atoms with Gasteiger partial charge in [0.05, 0.1) is 0 Å². The lowest BCUT2D eigenvalue weighted by molar-refractivity contribution is 0.476. The summed E-state index contributed by atoms with van der Waals surface area (Å²) in [5.74, 6) is 0. The van der Waals surface area contributed by atoms with Crippen molar-refractivity contribution in [1.82, 2.24) is 5.32 Å². The van der Waals surface area contributed by atoms with E-state index < -0.39 is 0 Å². The number of likely N-dealkylation sites (N-methyl/N-ethyl adjacent to an activating group) is 1. The molecule has 1 unspecified atom stereocenters. The summed E-state index contributed by atoms with van der Waals surface area (Å²) < 4.78 is 0. The van der Waals surface area contributed by atoms with Crippen LogP contribution in [0.2, 0.25) is 0 Å². The average Bonchev–Trinajstić information content (AvgIpc) is 2.67. The monoisotopic (exact) mass is 211 g/mol. The van der Waals surface area contributed by atoms with Gasteiger partial charge in [0.15, 0.2) is 0 Å². The number of thiophene rings is 1. The fourth-order valence-electron chi connectivity index (χ4n) is 1.69. The molecule has 0 aromatic carbocycles. The largest absolute Gasteiger partial charge is 0.314 e. The zero-order chi connectivity index (χ0) is 10.2. The van der Waals surface area contributed by atoms with E-state index in [1.807, 2.05) is 11.3 Å². The Hall–Kier alpha value is -0.340. The summed E-state index contributed by atoms with van der Waals surface area (Å²) >= 11 is 1.87. The second kappa shape index (κ2) is 7.02. The molecule has 1 aromatic rings. The van der Waals surface area contributed by atoms with Gasteiger partial charge in [0.2, 0.25) is 0 Å². The zero-order valence-corrected chi connectivity index (χ0v) is 10.1. The van der Waals surface area contributed by atoms with Crippen molar-refractivity contribution in [2.24, 2.45) is 0 Å². The lowest BCUT2D eigenvalue weighted by Gasteiger charge is -2.16. The number of hydrogen-bond acceptors (Lipinski definition) is 2. The molecule has 0 bridgehead atoms. The molecule has 0 amide bonds. The van der Waals surface area contributed by atoms with Gasteiger partial charge in [-0.3, -0.25) is 0 Å². The maximum atomic E-state index is 3.56. The quantitative estimate of drug-likeness (QED) is 0.728. The molecule has 2 heteroatoms. The summed E-state index contributed by atoms with van der Waals surface area (Å²) in [6.45, 7) is 5.53. The van der Waals surface area contributed by atoms with Crippen LogP contribution in [0.1, 0.15) is 38.0 Å². The molecule has 1 nitrogen and oxygen atoms in total. The third kappa shape index (κ3) is 4.25. The van der Waals surface area contributed by atoms with E-state index in [2.05, 4.69) is 36.7 Å². The minimum Gasteiger partial charge on any atom is -0.314 e. The van der Waals surface area contributed by atoms with Crippen LogP contribution in [0.3, 0.4) is 0 Å². The van der Waals surface area contributed by atoms with Gasteiger partial charge in [-0.25, -0.2) is 0 Å². The number of unbranched alkanes of at least 4 members (excludes halogenated alkanes) is 1. The van der Waals surface area contributed by atoms with Gasteiger partial charge in [0.1, 0.15) is 0 Å². The minimum atomic E-state index is 0.679. The Morgan fingerprint density at radius 2 is 2.29 bits per heavy atom. The highest BCUT2D eigenvalue weighted by molar-refractivity contribution is 7.09. The third-order valence-corrected chi connectivity index (χ3v) is 3.33. The van der Waals surface area contributed by atoms with E-state index in [4.69, 9.17) is 0 Å². The Morgan fingerprint density at radius 1 is 1.43 bits per heavy atom. The Bertz CT molecular complexity index is 218. The molecule has 0 spiro atoms. The molecule has 0 aliphatic carbocycles. The molecule has 1 N–H and O–H groups in total. The molecule has 0 saturated carbocycles. The van der Waals surface area contributed by atoms with E-state index in [1.54, 1.807) is 0 Å². The summed E-state index contributed by atoms with van der Waals surface area (Å²) in [4.78, 5) is 1.51. The van der Waals surface area contributed by atoms with Crippen LogP contribution < -0.4 is 5.32 Å². The Labute approximate surface area is 91.5 Å². The number of nitrogens with one attached hydrogen (secondary N) is 1. The molecule has 0 aliphatic heterocycles. The predicted octanol–water partition coefficient (Wildman–Crippen LogP) is 3.46. The van der Waals surface area contributed by atoms with E-state index in [9.17, 15) is 0 Å². The summed E-state index contributed by atoms with van der Waals surface area (Å²) in [6.07, 6.45) is 5.14. The molecule has 0 fully saturated rings. The van der Waals surface area contributed by atoms with Crippen molar-refractivity contribution < 1.29 is 0 Å². The second-order valence-electron chi connectivity index (χ2n) is 3.68. The molecular formula is C12H21NS. The van der Waals surface area contributed by atoms with Gasteiger partial charge in [0.25, 0.3) is 0 Å². The maximum Gasteiger partial charge on any atom is 0.0115 e. The Kier molecular flexibility index (Phi) is 5.88. The van der Waals surface area contributed by atoms with Crippen molar-refractivity contribution in [3.05, 3.63) is 22.4 Å². The zero-order valence-electron chi connectivity index (χ0n) is 9.25. The Balaban J connectivity index is 2.34. The van der Waals surface area contributed by atoms with E-state index in [1.165, 1.54) is 30.6 Å². The van der Waals surface area contributed by atoms with Crippen LogP contribution in [0.15, 0.2) is 17.5 Å². The predicted molar refractivity (Wildman–Crippen MR) is 65.0 cm³/mol. The third-order valence-electron chi connectivity index (χ3n) is 2.43. The first kappa shape index (κ1) is 11.7. The van der Waals surface area contributed by atoms with Gasteiger partial charge in [0, 0.05) is 10.9 Å². The smallest absolute Gasteiger partial charge is 0.0115 e. The topological polar surface area (TPSA) is 12.0 Å². The maximum absolute atomic E-state index is 3.56. The van der Waals surface area contributed by atoms with Crippen LogP contribution >= 0.6 is 11.3 Å². The van der Waals surface area contributed by atoms with Gasteiger partial charge < -0.3 is 5.32 Å². The molecule has 0 aliphatic rings. The molecule has 14 heavy (non-hydrogen) atoms. The lowest BCUT2D eigenvalue weighted by Crippen LogP contribution is -2.30. The van der Waals surface area contributed by atoms with Gasteiger partial charge in [-0.15, -0.1) is 11.3 Å². The van der Waals surface area contributed by atoms with Crippen molar-refractivity contribution >= 4 is 11.3 Å². The highest BCUT2D eigenvalue weighted by Gasteiger charge is 2.07. The molecule has 1 heterocycles. The summed E-state index contributed by atoms with van der Waals surface area (Å²) in [6, 6.07) is 5.06. The first-order chi connectivity index (χ1) is 6.86. The Morgan fingerprint density at radius 3 is 2.86 bits per heavy atom. The highest BCUT2D eigenvalue weighted by atomic mass is 32.1. The number of rotatable bonds is 7. The van der Waals surface area contributed by atoms with Crippen molar-refractivity contribution in [3.8, 4) is 0 Å². The molecule has 80 valence electrons. The lowest BCUT2D eigenvalue weighted by atomic mass is 10.1. The van der Waals surface area contributed by atoms with Crippen LogP contribution in [0.4, 0.5) is 0 Å².